The Morgan fingerprint density at radius 2 is 2.00 bits per heavy atom. The topological polar surface area (TPSA) is 66.8 Å². The molecule has 28 heavy (non-hydrogen) atoms. The lowest BCUT2D eigenvalue weighted by Crippen LogP contribution is -2.30. The zero-order valence-corrected chi connectivity index (χ0v) is 16.9. The van der Waals surface area contributed by atoms with Crippen LogP contribution in [-0.2, 0) is 16.2 Å². The SMILES string of the molecule is Cc1ccc(COc2cccc(/C=C3/SC(=S)N(CCC(=O)O)C3=O)c2)cc1. The lowest BCUT2D eigenvalue weighted by atomic mass is 10.1. The molecule has 1 N–H and O–H groups in total. The third-order valence-corrected chi connectivity index (χ3v) is 5.48. The van der Waals surface area contributed by atoms with Crippen molar-refractivity contribution in [2.45, 2.75) is 20.0 Å². The number of carbonyl (C=O) groups excluding carboxylic acids is 1. The number of carbonyl (C=O) groups is 2. The van der Waals surface area contributed by atoms with Gasteiger partial charge in [-0.15, -0.1) is 0 Å². The standard InChI is InChI=1S/C21H19NO4S2/c1-14-5-7-15(8-6-14)13-26-17-4-2-3-16(11-17)12-18-20(25)22(21(27)28-18)10-9-19(23)24/h2-8,11-12H,9-10,13H2,1H3,(H,23,24)/b18-12+. The van der Waals surface area contributed by atoms with E-state index in [2.05, 4.69) is 0 Å². The second-order valence-electron chi connectivity index (χ2n) is 6.32. The molecular formula is C21H19NO4S2. The van der Waals surface area contributed by atoms with Gasteiger partial charge in [-0.25, -0.2) is 0 Å². The predicted octanol–water partition coefficient (Wildman–Crippen LogP) is 4.25. The molecule has 0 bridgehead atoms. The van der Waals surface area contributed by atoms with Gasteiger partial charge in [0.1, 0.15) is 16.7 Å². The molecule has 2 aromatic carbocycles. The van der Waals surface area contributed by atoms with Gasteiger partial charge in [-0.1, -0.05) is 65.9 Å². The van der Waals surface area contributed by atoms with Crippen molar-refractivity contribution in [1.29, 1.82) is 0 Å². The van der Waals surface area contributed by atoms with Gasteiger partial charge >= 0.3 is 5.97 Å². The van der Waals surface area contributed by atoms with Crippen molar-refractivity contribution in [1.82, 2.24) is 4.90 Å². The van der Waals surface area contributed by atoms with Crippen molar-refractivity contribution in [2.24, 2.45) is 0 Å². The molecule has 1 amide bonds. The molecule has 5 nitrogen and oxygen atoms in total. The molecule has 1 aliphatic rings. The summed E-state index contributed by atoms with van der Waals surface area (Å²) < 4.78 is 6.23. The summed E-state index contributed by atoms with van der Waals surface area (Å²) in [6.07, 6.45) is 1.61. The molecule has 3 rings (SSSR count). The number of aliphatic carboxylic acids is 1. The number of nitrogens with zero attached hydrogens (tertiary/aromatic N) is 1. The van der Waals surface area contributed by atoms with E-state index >= 15 is 0 Å². The zero-order valence-electron chi connectivity index (χ0n) is 15.3. The molecule has 0 radical (unpaired) electrons. The summed E-state index contributed by atoms with van der Waals surface area (Å²) in [5.74, 6) is -0.519. The summed E-state index contributed by atoms with van der Waals surface area (Å²) >= 11 is 6.38. The van der Waals surface area contributed by atoms with Crippen LogP contribution in [0.4, 0.5) is 0 Å². The molecule has 1 saturated heterocycles. The van der Waals surface area contributed by atoms with Gasteiger partial charge in [-0.3, -0.25) is 14.5 Å². The number of thiocarbonyl (C=S) groups is 1. The Balaban J connectivity index is 1.68. The van der Waals surface area contributed by atoms with Gasteiger partial charge in [-0.05, 0) is 36.3 Å². The maximum Gasteiger partial charge on any atom is 0.305 e. The van der Waals surface area contributed by atoms with E-state index in [-0.39, 0.29) is 18.9 Å². The third-order valence-electron chi connectivity index (χ3n) is 4.10. The van der Waals surface area contributed by atoms with E-state index < -0.39 is 5.97 Å². The van der Waals surface area contributed by atoms with Crippen LogP contribution in [0.2, 0.25) is 0 Å². The third kappa shape index (κ3) is 5.21. The van der Waals surface area contributed by atoms with E-state index in [0.717, 1.165) is 11.1 Å². The molecule has 0 atom stereocenters. The normalized spacial score (nSPS) is 15.3. The summed E-state index contributed by atoms with van der Waals surface area (Å²) in [4.78, 5) is 25.0. The van der Waals surface area contributed by atoms with Gasteiger partial charge in [-0.2, -0.15) is 0 Å². The van der Waals surface area contributed by atoms with Crippen LogP contribution in [0.5, 0.6) is 5.75 Å². The minimum atomic E-state index is -0.962. The van der Waals surface area contributed by atoms with Crippen LogP contribution >= 0.6 is 24.0 Å². The molecule has 0 aliphatic carbocycles. The highest BCUT2D eigenvalue weighted by Crippen LogP contribution is 2.33. The number of carboxylic acids is 1. The first-order valence-corrected chi connectivity index (χ1v) is 9.90. The van der Waals surface area contributed by atoms with Gasteiger partial charge in [0.2, 0.25) is 0 Å². The van der Waals surface area contributed by atoms with E-state index in [1.807, 2.05) is 55.5 Å². The summed E-state index contributed by atoms with van der Waals surface area (Å²) in [6.45, 7) is 2.58. The van der Waals surface area contributed by atoms with Crippen molar-refractivity contribution in [3.63, 3.8) is 0 Å². The Kier molecular flexibility index (Phi) is 6.49. The molecule has 144 valence electrons. The van der Waals surface area contributed by atoms with Gasteiger partial charge in [0, 0.05) is 6.54 Å². The molecule has 2 aromatic rings. The van der Waals surface area contributed by atoms with Crippen molar-refractivity contribution < 1.29 is 19.4 Å². The number of hydrogen-bond acceptors (Lipinski definition) is 5. The maximum absolute atomic E-state index is 12.5. The highest BCUT2D eigenvalue weighted by Gasteiger charge is 2.32. The lowest BCUT2D eigenvalue weighted by molar-refractivity contribution is -0.137. The largest absolute Gasteiger partial charge is 0.489 e. The summed E-state index contributed by atoms with van der Waals surface area (Å²) in [7, 11) is 0. The Morgan fingerprint density at radius 1 is 1.25 bits per heavy atom. The van der Waals surface area contributed by atoms with E-state index in [1.165, 1.54) is 22.2 Å². The lowest BCUT2D eigenvalue weighted by Gasteiger charge is -2.12. The Morgan fingerprint density at radius 3 is 2.71 bits per heavy atom. The molecular weight excluding hydrogens is 394 g/mol. The first kappa shape index (κ1) is 20.1. The number of aryl methyl sites for hydroxylation is 1. The molecule has 1 aliphatic heterocycles. The average molecular weight is 414 g/mol. The number of hydrogen-bond donors (Lipinski definition) is 1. The van der Waals surface area contributed by atoms with Crippen LogP contribution in [0.1, 0.15) is 23.1 Å². The van der Waals surface area contributed by atoms with Crippen LogP contribution in [0.3, 0.4) is 0 Å². The highest BCUT2D eigenvalue weighted by atomic mass is 32.2. The van der Waals surface area contributed by atoms with Crippen LogP contribution in [-0.4, -0.2) is 32.7 Å². The summed E-state index contributed by atoms with van der Waals surface area (Å²) in [6, 6.07) is 15.6. The molecule has 0 spiro atoms. The Labute approximate surface area is 173 Å². The Hall–Kier alpha value is -2.64. The van der Waals surface area contributed by atoms with Crippen LogP contribution < -0.4 is 4.74 Å². The molecule has 0 aromatic heterocycles. The maximum atomic E-state index is 12.5. The minimum absolute atomic E-state index is 0.0804. The number of amides is 1. The van der Waals surface area contributed by atoms with Crippen LogP contribution in [0, 0.1) is 6.92 Å². The minimum Gasteiger partial charge on any atom is -0.489 e. The molecule has 1 fully saturated rings. The van der Waals surface area contributed by atoms with Crippen LogP contribution in [0.25, 0.3) is 6.08 Å². The number of rotatable bonds is 7. The number of carboxylic acid groups (broad SMARTS) is 1. The second-order valence-corrected chi connectivity index (χ2v) is 8.00. The van der Waals surface area contributed by atoms with Gasteiger partial charge in [0.15, 0.2) is 0 Å². The van der Waals surface area contributed by atoms with Crippen molar-refractivity contribution in [2.75, 3.05) is 6.54 Å². The first-order chi connectivity index (χ1) is 13.4. The first-order valence-electron chi connectivity index (χ1n) is 8.68. The van der Waals surface area contributed by atoms with E-state index in [1.54, 1.807) is 6.08 Å². The molecule has 1 heterocycles. The summed E-state index contributed by atoms with van der Waals surface area (Å²) in [5, 5.41) is 8.81. The average Bonchev–Trinajstić information content (AvgIpc) is 2.93. The molecule has 0 unspecified atom stereocenters. The second kappa shape index (κ2) is 9.03. The van der Waals surface area contributed by atoms with Gasteiger partial charge in [0.05, 0.1) is 11.3 Å². The van der Waals surface area contributed by atoms with Crippen molar-refractivity contribution in [3.05, 3.63) is 70.1 Å². The fourth-order valence-corrected chi connectivity index (χ4v) is 3.91. The Bertz CT molecular complexity index is 938. The van der Waals surface area contributed by atoms with Crippen molar-refractivity contribution in [3.8, 4) is 5.75 Å². The highest BCUT2D eigenvalue weighted by molar-refractivity contribution is 8.26. The van der Waals surface area contributed by atoms with E-state index in [4.69, 9.17) is 22.1 Å². The van der Waals surface area contributed by atoms with Crippen molar-refractivity contribution >= 4 is 46.3 Å². The fraction of sp³-hybridized carbons (Fsp3) is 0.190. The quantitative estimate of drug-likeness (QED) is 0.541. The monoisotopic (exact) mass is 413 g/mol. The fourth-order valence-electron chi connectivity index (χ4n) is 2.60. The summed E-state index contributed by atoms with van der Waals surface area (Å²) in [5.41, 5.74) is 3.10. The zero-order chi connectivity index (χ0) is 20.1. The van der Waals surface area contributed by atoms with E-state index in [9.17, 15) is 9.59 Å². The number of benzene rings is 2. The van der Waals surface area contributed by atoms with Gasteiger partial charge < -0.3 is 9.84 Å². The molecule has 0 saturated carbocycles. The van der Waals surface area contributed by atoms with E-state index in [0.29, 0.717) is 21.6 Å². The number of thioether (sulfide) groups is 1. The van der Waals surface area contributed by atoms with Gasteiger partial charge in [0.25, 0.3) is 5.91 Å². The number of ether oxygens (including phenoxy) is 1. The van der Waals surface area contributed by atoms with Crippen LogP contribution in [0.15, 0.2) is 53.4 Å². The predicted molar refractivity (Wildman–Crippen MR) is 114 cm³/mol. The smallest absolute Gasteiger partial charge is 0.305 e. The molecule has 7 heteroatoms.